The van der Waals surface area contributed by atoms with Crippen LogP contribution in [0.5, 0.6) is 0 Å². The van der Waals surface area contributed by atoms with E-state index in [1.165, 1.54) is 0 Å². The number of sulfone groups is 1. The van der Waals surface area contributed by atoms with Gasteiger partial charge in [-0.2, -0.15) is 0 Å². The molecule has 0 fully saturated rings. The Labute approximate surface area is 264 Å². The van der Waals surface area contributed by atoms with Crippen LogP contribution in [0.1, 0.15) is 16.7 Å². The van der Waals surface area contributed by atoms with Crippen molar-refractivity contribution in [2.75, 3.05) is 17.6 Å². The van der Waals surface area contributed by atoms with E-state index in [-0.39, 0.29) is 22.8 Å². The van der Waals surface area contributed by atoms with Crippen LogP contribution in [0.2, 0.25) is 0 Å². The van der Waals surface area contributed by atoms with Gasteiger partial charge >= 0.3 is 214 Å². The van der Waals surface area contributed by atoms with Crippen molar-refractivity contribution in [3.63, 3.8) is 0 Å². The molecule has 2 aliphatic rings. The Kier molecular flexibility index (Phi) is 10.2. The maximum atomic E-state index is 13.2. The predicted molar refractivity (Wildman–Crippen MR) is 159 cm³/mol. The zero-order chi connectivity index (χ0) is 33.2. The van der Waals surface area contributed by atoms with E-state index < -0.39 is 28.7 Å². The van der Waals surface area contributed by atoms with Crippen molar-refractivity contribution < 1.29 is 54.2 Å². The van der Waals surface area contributed by atoms with Crippen LogP contribution >= 0.6 is 0 Å². The number of benzene rings is 4. The molecule has 1 aliphatic carbocycles. The van der Waals surface area contributed by atoms with Crippen LogP contribution < -0.4 is 5.32 Å². The first kappa shape index (κ1) is 34.3. The van der Waals surface area contributed by atoms with Gasteiger partial charge in [0.25, 0.3) is 6.18 Å². The van der Waals surface area contributed by atoms with E-state index in [1.807, 2.05) is 44.2 Å². The van der Waals surface area contributed by atoms with Crippen LogP contribution in [-0.4, -0.2) is 33.1 Å². The smallest absolute Gasteiger partial charge is 0.241 e. The standard InChI is InChI=1S/C31H26F3NO3S.C2H2F3.Ni/c1-20-8-12-24(13-9-20)39(36,37)16-15-22-10-7-21(2)17-27(22)30-25-5-3-4-6-28(25)38-29-18-23(11-14-26(29)30)35-19-31(32,33)34;1-2(3,4)5;/h3,5-14,17-18,35H,15-16,19H2,1-2H3;1H2;/q;-1;. The van der Waals surface area contributed by atoms with Gasteiger partial charge in [-0.1, -0.05) is 17.7 Å². The number of aryl methyl sites for hydroxylation is 3. The molecule has 0 spiro atoms. The van der Waals surface area contributed by atoms with Crippen molar-refractivity contribution in [2.45, 2.75) is 37.5 Å². The van der Waals surface area contributed by atoms with E-state index in [4.69, 9.17) is 19.4 Å². The number of anilines is 1. The molecule has 3 aromatic rings. The fourth-order valence-electron chi connectivity index (χ4n) is 4.70. The summed E-state index contributed by atoms with van der Waals surface area (Å²) in [6, 6.07) is 22.9. The second kappa shape index (κ2) is 13.4. The zero-order valence-electron chi connectivity index (χ0n) is 24.1. The molecule has 12 heteroatoms. The minimum Gasteiger partial charge on any atom is -0.241 e. The fourth-order valence-corrected chi connectivity index (χ4v) is 6.19. The molecule has 3 aromatic carbocycles. The Morgan fingerprint density at radius 3 is 2.11 bits per heavy atom. The predicted octanol–water partition coefficient (Wildman–Crippen LogP) is 9.27. The molecular weight excluding hydrogens is 663 g/mol. The summed E-state index contributed by atoms with van der Waals surface area (Å²) in [5.41, 5.74) is 5.87. The summed E-state index contributed by atoms with van der Waals surface area (Å²) in [4.78, 5) is 0.277. The molecule has 0 aromatic heterocycles. The Morgan fingerprint density at radius 1 is 0.822 bits per heavy atom. The van der Waals surface area contributed by atoms with Gasteiger partial charge in [0.15, 0.2) is 0 Å². The van der Waals surface area contributed by atoms with Gasteiger partial charge in [0, 0.05) is 0 Å². The van der Waals surface area contributed by atoms with E-state index in [9.17, 15) is 34.8 Å². The monoisotopic (exact) mass is 690 g/mol. The summed E-state index contributed by atoms with van der Waals surface area (Å²) in [6.07, 6.45) is -8.35. The molecule has 5 rings (SSSR count). The third kappa shape index (κ3) is 9.44. The minimum atomic E-state index is -4.37. The van der Waals surface area contributed by atoms with Gasteiger partial charge in [0.05, 0.1) is 0 Å². The first-order valence-corrected chi connectivity index (χ1v) is 15.6. The van der Waals surface area contributed by atoms with Crippen LogP contribution in [0.25, 0.3) is 33.4 Å². The van der Waals surface area contributed by atoms with Gasteiger partial charge < -0.3 is 0 Å². The molecule has 4 nitrogen and oxygen atoms in total. The Morgan fingerprint density at radius 2 is 1.47 bits per heavy atom. The minimum absolute atomic E-state index is 0.0807. The number of halogens is 6. The van der Waals surface area contributed by atoms with Crippen LogP contribution in [0, 0.1) is 24.9 Å². The SMILES string of the molecule is Cc1ccc(S(=O)(=O)CCc2ccc(C)cc2-c2c3cc[c](=[Ni])cc-3oc3cc(NCC(F)(F)F)ccc23)cc1.[CH2-]C(F)(F)F. The van der Waals surface area contributed by atoms with Crippen LogP contribution in [-0.2, 0) is 31.3 Å². The Bertz CT molecular complexity index is 1940. The molecule has 0 unspecified atom stereocenters. The number of hydrogen-bond acceptors (Lipinski definition) is 4. The van der Waals surface area contributed by atoms with Crippen molar-refractivity contribution in [3.8, 4) is 22.5 Å². The van der Waals surface area contributed by atoms with Crippen molar-refractivity contribution in [1.29, 1.82) is 0 Å². The van der Waals surface area contributed by atoms with Crippen LogP contribution in [0.15, 0.2) is 88.2 Å². The van der Waals surface area contributed by atoms with Crippen molar-refractivity contribution in [1.82, 2.24) is 0 Å². The van der Waals surface area contributed by atoms with Gasteiger partial charge in [0.1, 0.15) is 0 Å². The molecule has 1 N–H and O–H groups in total. The van der Waals surface area contributed by atoms with E-state index in [1.54, 1.807) is 55.5 Å². The molecular formula is C33H28F6NNiO3S-. The normalized spacial score (nSPS) is 12.2. The Hall–Kier alpha value is -3.63. The quantitative estimate of drug-likeness (QED) is 0.0801. The van der Waals surface area contributed by atoms with Gasteiger partial charge in [-0.05, 0) is 6.92 Å². The third-order valence-electron chi connectivity index (χ3n) is 6.71. The first-order valence-electron chi connectivity index (χ1n) is 13.5. The second-order valence-corrected chi connectivity index (χ2v) is 13.1. The average molecular weight is 691 g/mol. The van der Waals surface area contributed by atoms with E-state index in [0.717, 1.165) is 33.4 Å². The number of hydrogen-bond donors (Lipinski definition) is 1. The first-order chi connectivity index (χ1) is 20.9. The number of fused-ring (bicyclic) bond motifs is 2. The van der Waals surface area contributed by atoms with E-state index in [2.05, 4.69) is 5.32 Å². The van der Waals surface area contributed by atoms with Gasteiger partial charge in [-0.3, -0.25) is 0 Å². The molecule has 0 radical (unpaired) electrons. The summed E-state index contributed by atoms with van der Waals surface area (Å²) in [5, 5.41) is 3.10. The molecule has 1 heterocycles. The molecule has 0 atom stereocenters. The zero-order valence-corrected chi connectivity index (χ0v) is 25.9. The Balaban J connectivity index is 0.000000854. The molecule has 242 valence electrons. The number of alkyl halides is 6. The molecule has 0 saturated carbocycles. The van der Waals surface area contributed by atoms with Crippen molar-refractivity contribution in [3.05, 3.63) is 107 Å². The summed E-state index contributed by atoms with van der Waals surface area (Å²) < 4.78 is 102. The van der Waals surface area contributed by atoms with Gasteiger partial charge in [-0.25, -0.2) is 20.1 Å². The van der Waals surface area contributed by atoms with E-state index in [0.29, 0.717) is 20.9 Å². The van der Waals surface area contributed by atoms with Crippen molar-refractivity contribution >= 4 is 26.5 Å². The van der Waals surface area contributed by atoms with Crippen LogP contribution in [0.3, 0.4) is 0 Å². The second-order valence-electron chi connectivity index (χ2n) is 10.4. The number of nitrogens with one attached hydrogen (secondary N) is 1. The average Bonchev–Trinajstić information content (AvgIpc) is 2.93. The molecule has 45 heavy (non-hydrogen) atoms. The summed E-state index contributed by atoms with van der Waals surface area (Å²) in [6.45, 7) is 4.46. The summed E-state index contributed by atoms with van der Waals surface area (Å²) in [7, 11) is -3.53. The molecule has 0 amide bonds. The summed E-state index contributed by atoms with van der Waals surface area (Å²) >= 11 is 5.01. The third-order valence-corrected chi connectivity index (χ3v) is 8.75. The number of rotatable bonds is 7. The van der Waals surface area contributed by atoms with Crippen molar-refractivity contribution in [2.24, 2.45) is 0 Å². The van der Waals surface area contributed by atoms with Crippen LogP contribution in [0.4, 0.5) is 32.0 Å². The molecule has 0 bridgehead atoms. The molecule has 1 aliphatic heterocycles. The maximum absolute atomic E-state index is 13.2. The fraction of sp³-hybridized carbons (Fsp3) is 0.212. The topological polar surface area (TPSA) is 59.3 Å². The van der Waals surface area contributed by atoms with E-state index >= 15 is 0 Å². The van der Waals surface area contributed by atoms with Gasteiger partial charge in [0.2, 0.25) is 0 Å². The molecule has 0 saturated heterocycles. The summed E-state index contributed by atoms with van der Waals surface area (Å²) in [5.74, 6) is 0.418. The van der Waals surface area contributed by atoms with Gasteiger partial charge in [-0.15, -0.1) is 0 Å².